The second kappa shape index (κ2) is 6.95. The molecule has 4 aromatic rings. The predicted octanol–water partition coefficient (Wildman–Crippen LogP) is 4.00. The van der Waals surface area contributed by atoms with Crippen molar-refractivity contribution in [1.29, 1.82) is 0 Å². The first-order chi connectivity index (χ1) is 13.1. The molecule has 0 unspecified atom stereocenters. The number of benzene rings is 2. The number of para-hydroxylation sites is 1. The third kappa shape index (κ3) is 3.39. The SMILES string of the molecule is Cc1noc(C)c1COc1ccccc1C(=O)Nc1ccc2[nH]ncc2c1. The molecule has 2 aromatic carbocycles. The Bertz CT molecular complexity index is 1090. The number of aromatic amines is 1. The molecule has 2 N–H and O–H groups in total. The maximum atomic E-state index is 12.8. The van der Waals surface area contributed by atoms with E-state index in [1.54, 1.807) is 24.4 Å². The Morgan fingerprint density at radius 3 is 2.89 bits per heavy atom. The zero-order valence-electron chi connectivity index (χ0n) is 14.9. The summed E-state index contributed by atoms with van der Waals surface area (Å²) in [6.45, 7) is 3.98. The van der Waals surface area contributed by atoms with E-state index >= 15 is 0 Å². The third-order valence-corrected chi connectivity index (χ3v) is 4.38. The van der Waals surface area contributed by atoms with Crippen LogP contribution in [-0.2, 0) is 6.61 Å². The van der Waals surface area contributed by atoms with Gasteiger partial charge in [0.15, 0.2) is 0 Å². The van der Waals surface area contributed by atoms with Crippen molar-refractivity contribution in [1.82, 2.24) is 15.4 Å². The summed E-state index contributed by atoms with van der Waals surface area (Å²) in [6.07, 6.45) is 1.71. The zero-order valence-corrected chi connectivity index (χ0v) is 14.9. The maximum absolute atomic E-state index is 12.8. The smallest absolute Gasteiger partial charge is 0.259 e. The molecule has 0 radical (unpaired) electrons. The Labute approximate surface area is 155 Å². The van der Waals surface area contributed by atoms with E-state index in [9.17, 15) is 4.79 Å². The highest BCUT2D eigenvalue weighted by molar-refractivity contribution is 6.06. The van der Waals surface area contributed by atoms with E-state index < -0.39 is 0 Å². The number of hydrogen-bond donors (Lipinski definition) is 2. The number of nitrogens with one attached hydrogen (secondary N) is 2. The summed E-state index contributed by atoms with van der Waals surface area (Å²) in [5.74, 6) is 0.967. The van der Waals surface area contributed by atoms with E-state index in [-0.39, 0.29) is 12.5 Å². The molecule has 1 amide bonds. The molecule has 27 heavy (non-hydrogen) atoms. The molecule has 0 bridgehead atoms. The minimum absolute atomic E-state index is 0.243. The number of aryl methyl sites for hydroxylation is 2. The number of rotatable bonds is 5. The van der Waals surface area contributed by atoms with Gasteiger partial charge in [-0.1, -0.05) is 17.3 Å². The lowest BCUT2D eigenvalue weighted by atomic mass is 10.1. The van der Waals surface area contributed by atoms with Crippen LogP contribution in [0.3, 0.4) is 0 Å². The molecule has 0 saturated heterocycles. The normalized spacial score (nSPS) is 10.9. The molecule has 0 fully saturated rings. The van der Waals surface area contributed by atoms with Crippen LogP contribution in [0.15, 0.2) is 53.2 Å². The lowest BCUT2D eigenvalue weighted by molar-refractivity contribution is 0.102. The lowest BCUT2D eigenvalue weighted by Gasteiger charge is -2.12. The Morgan fingerprint density at radius 2 is 2.07 bits per heavy atom. The zero-order chi connectivity index (χ0) is 18.8. The van der Waals surface area contributed by atoms with E-state index in [1.807, 2.05) is 38.1 Å². The van der Waals surface area contributed by atoms with Crippen LogP contribution in [0.4, 0.5) is 5.69 Å². The molecule has 0 aliphatic rings. The molecular weight excluding hydrogens is 344 g/mol. The van der Waals surface area contributed by atoms with E-state index in [2.05, 4.69) is 20.7 Å². The maximum Gasteiger partial charge on any atom is 0.259 e. The van der Waals surface area contributed by atoms with Crippen LogP contribution in [0.1, 0.15) is 27.4 Å². The van der Waals surface area contributed by atoms with Gasteiger partial charge in [0.2, 0.25) is 0 Å². The second-order valence-corrected chi connectivity index (χ2v) is 6.21. The van der Waals surface area contributed by atoms with Crippen LogP contribution in [-0.4, -0.2) is 21.3 Å². The van der Waals surface area contributed by atoms with E-state index in [0.29, 0.717) is 22.8 Å². The second-order valence-electron chi connectivity index (χ2n) is 6.21. The Balaban J connectivity index is 1.53. The largest absolute Gasteiger partial charge is 0.488 e. The van der Waals surface area contributed by atoms with Crippen molar-refractivity contribution in [3.63, 3.8) is 0 Å². The minimum Gasteiger partial charge on any atom is -0.488 e. The van der Waals surface area contributed by atoms with Gasteiger partial charge >= 0.3 is 0 Å². The number of nitrogens with zero attached hydrogens (tertiary/aromatic N) is 2. The van der Waals surface area contributed by atoms with Gasteiger partial charge in [0.1, 0.15) is 18.1 Å². The molecule has 0 spiro atoms. The van der Waals surface area contributed by atoms with Gasteiger partial charge in [0.25, 0.3) is 5.91 Å². The van der Waals surface area contributed by atoms with Crippen molar-refractivity contribution >= 4 is 22.5 Å². The first kappa shape index (κ1) is 16.8. The van der Waals surface area contributed by atoms with E-state index in [0.717, 1.165) is 22.2 Å². The van der Waals surface area contributed by atoms with Gasteiger partial charge in [0.05, 0.1) is 28.5 Å². The van der Waals surface area contributed by atoms with Crippen LogP contribution in [0.2, 0.25) is 0 Å². The quantitative estimate of drug-likeness (QED) is 0.560. The first-order valence-electron chi connectivity index (χ1n) is 8.50. The molecule has 0 aliphatic carbocycles. The summed E-state index contributed by atoms with van der Waals surface area (Å²) < 4.78 is 11.0. The predicted molar refractivity (Wildman–Crippen MR) is 101 cm³/mol. The van der Waals surface area contributed by atoms with Crippen molar-refractivity contribution in [2.75, 3.05) is 5.32 Å². The number of fused-ring (bicyclic) bond motifs is 1. The summed E-state index contributed by atoms with van der Waals surface area (Å²) >= 11 is 0. The summed E-state index contributed by atoms with van der Waals surface area (Å²) in [5, 5.41) is 14.6. The highest BCUT2D eigenvalue weighted by Gasteiger charge is 2.15. The number of carbonyl (C=O) groups excluding carboxylic acids is 1. The topological polar surface area (TPSA) is 93.0 Å². The van der Waals surface area contributed by atoms with Crippen LogP contribution >= 0.6 is 0 Å². The molecule has 2 heterocycles. The fourth-order valence-corrected chi connectivity index (χ4v) is 2.86. The number of anilines is 1. The summed E-state index contributed by atoms with van der Waals surface area (Å²) in [4.78, 5) is 12.8. The number of amides is 1. The van der Waals surface area contributed by atoms with Gasteiger partial charge in [0, 0.05) is 11.1 Å². The molecule has 2 aromatic heterocycles. The number of H-pyrrole nitrogens is 1. The highest BCUT2D eigenvalue weighted by atomic mass is 16.5. The standard InChI is InChI=1S/C20H18N4O3/c1-12-17(13(2)27-24-12)11-26-19-6-4-3-5-16(19)20(25)22-15-7-8-18-14(9-15)10-21-23-18/h3-10H,11H2,1-2H3,(H,21,23)(H,22,25). The molecule has 136 valence electrons. The number of carbonyl (C=O) groups is 1. The fraction of sp³-hybridized carbons (Fsp3) is 0.150. The number of ether oxygens (including phenoxy) is 1. The van der Waals surface area contributed by atoms with Crippen LogP contribution in [0, 0.1) is 13.8 Å². The minimum atomic E-state index is -0.243. The van der Waals surface area contributed by atoms with Crippen LogP contribution < -0.4 is 10.1 Å². The Morgan fingerprint density at radius 1 is 1.22 bits per heavy atom. The number of aromatic nitrogens is 3. The molecule has 7 nitrogen and oxygen atoms in total. The van der Waals surface area contributed by atoms with Crippen LogP contribution in [0.5, 0.6) is 5.75 Å². The van der Waals surface area contributed by atoms with Gasteiger partial charge in [-0.05, 0) is 44.2 Å². The van der Waals surface area contributed by atoms with Gasteiger partial charge < -0.3 is 14.6 Å². The van der Waals surface area contributed by atoms with Gasteiger partial charge in [-0.15, -0.1) is 0 Å². The van der Waals surface area contributed by atoms with Gasteiger partial charge in [-0.2, -0.15) is 5.10 Å². The monoisotopic (exact) mass is 362 g/mol. The van der Waals surface area contributed by atoms with Crippen molar-refractivity contribution in [3.05, 3.63) is 71.2 Å². The van der Waals surface area contributed by atoms with E-state index in [4.69, 9.17) is 9.26 Å². The average molecular weight is 362 g/mol. The van der Waals surface area contributed by atoms with E-state index in [1.165, 1.54) is 0 Å². The molecule has 0 atom stereocenters. The first-order valence-corrected chi connectivity index (χ1v) is 8.50. The van der Waals surface area contributed by atoms with Gasteiger partial charge in [-0.3, -0.25) is 9.89 Å². The highest BCUT2D eigenvalue weighted by Crippen LogP contribution is 2.23. The molecule has 0 aliphatic heterocycles. The van der Waals surface area contributed by atoms with Crippen molar-refractivity contribution in [2.24, 2.45) is 0 Å². The average Bonchev–Trinajstić information content (AvgIpc) is 3.26. The third-order valence-electron chi connectivity index (χ3n) is 4.38. The Hall–Kier alpha value is -3.61. The summed E-state index contributed by atoms with van der Waals surface area (Å²) in [5.41, 5.74) is 3.72. The lowest BCUT2D eigenvalue weighted by Crippen LogP contribution is -2.13. The fourth-order valence-electron chi connectivity index (χ4n) is 2.86. The summed E-state index contributed by atoms with van der Waals surface area (Å²) in [7, 11) is 0. The molecule has 4 rings (SSSR count). The number of hydrogen-bond acceptors (Lipinski definition) is 5. The van der Waals surface area contributed by atoms with Crippen molar-refractivity contribution < 1.29 is 14.1 Å². The van der Waals surface area contributed by atoms with Crippen LogP contribution in [0.25, 0.3) is 10.9 Å². The summed E-state index contributed by atoms with van der Waals surface area (Å²) in [6, 6.07) is 12.7. The molecule has 0 saturated carbocycles. The van der Waals surface area contributed by atoms with Crippen molar-refractivity contribution in [2.45, 2.75) is 20.5 Å². The Kier molecular flexibility index (Phi) is 4.33. The van der Waals surface area contributed by atoms with Gasteiger partial charge in [-0.25, -0.2) is 0 Å². The van der Waals surface area contributed by atoms with Crippen molar-refractivity contribution in [3.8, 4) is 5.75 Å². The molecular formula is C20H18N4O3. The molecule has 7 heteroatoms.